The van der Waals surface area contributed by atoms with Crippen molar-refractivity contribution in [3.05, 3.63) is 70.8 Å². The zero-order chi connectivity index (χ0) is 14.7. The van der Waals surface area contributed by atoms with Crippen molar-refractivity contribution < 1.29 is 14.6 Å². The molecule has 21 heavy (non-hydrogen) atoms. The van der Waals surface area contributed by atoms with Crippen LogP contribution in [0.3, 0.4) is 0 Å². The van der Waals surface area contributed by atoms with Crippen molar-refractivity contribution in [3.8, 4) is 0 Å². The Morgan fingerprint density at radius 2 is 1.95 bits per heavy atom. The number of hydrogen-bond donors (Lipinski definition) is 1. The number of esters is 1. The molecule has 1 aliphatic rings. The van der Waals surface area contributed by atoms with Gasteiger partial charge in [0.05, 0.1) is 11.7 Å². The third kappa shape index (κ3) is 3.31. The Bertz CT molecular complexity index is 634. The minimum absolute atomic E-state index is 0.256. The molecule has 0 saturated heterocycles. The van der Waals surface area contributed by atoms with E-state index in [9.17, 15) is 9.90 Å². The van der Waals surface area contributed by atoms with Crippen molar-refractivity contribution >= 4 is 5.97 Å². The highest BCUT2D eigenvalue weighted by Gasteiger charge is 2.18. The van der Waals surface area contributed by atoms with Crippen LogP contribution in [0.1, 0.15) is 33.5 Å². The first-order valence-corrected chi connectivity index (χ1v) is 7.23. The van der Waals surface area contributed by atoms with Crippen molar-refractivity contribution in [2.45, 2.75) is 32.0 Å². The molecule has 0 radical (unpaired) electrons. The van der Waals surface area contributed by atoms with E-state index in [1.165, 1.54) is 0 Å². The molecule has 0 spiro atoms. The van der Waals surface area contributed by atoms with Crippen molar-refractivity contribution in [2.75, 3.05) is 0 Å². The summed E-state index contributed by atoms with van der Waals surface area (Å²) in [4.78, 5) is 12.1. The van der Waals surface area contributed by atoms with E-state index in [2.05, 4.69) is 0 Å². The summed E-state index contributed by atoms with van der Waals surface area (Å²) in [6, 6.07) is 15.3. The lowest BCUT2D eigenvalue weighted by Gasteiger charge is -2.20. The average molecular weight is 282 g/mol. The predicted molar refractivity (Wildman–Crippen MR) is 80.0 cm³/mol. The maximum Gasteiger partial charge on any atom is 0.338 e. The van der Waals surface area contributed by atoms with Gasteiger partial charge in [0.25, 0.3) is 0 Å². The normalized spacial score (nSPS) is 17.1. The van der Waals surface area contributed by atoms with Gasteiger partial charge in [0.2, 0.25) is 0 Å². The van der Waals surface area contributed by atoms with E-state index in [-0.39, 0.29) is 18.7 Å². The monoisotopic (exact) mass is 282 g/mol. The zero-order valence-electron chi connectivity index (χ0n) is 11.8. The van der Waals surface area contributed by atoms with Gasteiger partial charge in [0, 0.05) is 0 Å². The second-order valence-electron chi connectivity index (χ2n) is 5.44. The number of aliphatic hydroxyl groups excluding tert-OH is 1. The number of aryl methyl sites for hydroxylation is 1. The van der Waals surface area contributed by atoms with Crippen LogP contribution in [0.2, 0.25) is 0 Å². The minimum Gasteiger partial charge on any atom is -0.457 e. The Morgan fingerprint density at radius 3 is 2.76 bits per heavy atom. The average Bonchev–Trinajstić information content (AvgIpc) is 2.53. The fourth-order valence-corrected chi connectivity index (χ4v) is 2.67. The molecule has 0 fully saturated rings. The highest BCUT2D eigenvalue weighted by Crippen LogP contribution is 2.23. The summed E-state index contributed by atoms with van der Waals surface area (Å²) in [5, 5.41) is 9.65. The van der Waals surface area contributed by atoms with Gasteiger partial charge in [-0.05, 0) is 48.1 Å². The molecule has 108 valence electrons. The van der Waals surface area contributed by atoms with Crippen LogP contribution in [-0.2, 0) is 24.2 Å². The van der Waals surface area contributed by atoms with E-state index in [4.69, 9.17) is 4.74 Å². The van der Waals surface area contributed by atoms with Gasteiger partial charge in [-0.2, -0.15) is 0 Å². The Morgan fingerprint density at radius 1 is 1.14 bits per heavy atom. The molecule has 2 aromatic carbocycles. The first-order chi connectivity index (χ1) is 10.2. The van der Waals surface area contributed by atoms with Gasteiger partial charge in [0.15, 0.2) is 0 Å². The van der Waals surface area contributed by atoms with E-state index in [0.29, 0.717) is 12.0 Å². The van der Waals surface area contributed by atoms with Crippen LogP contribution in [0.15, 0.2) is 48.5 Å². The van der Waals surface area contributed by atoms with Gasteiger partial charge in [-0.25, -0.2) is 4.79 Å². The predicted octanol–water partition coefficient (Wildman–Crippen LogP) is 2.89. The number of benzene rings is 2. The summed E-state index contributed by atoms with van der Waals surface area (Å²) in [6.45, 7) is 0.287. The second-order valence-corrected chi connectivity index (χ2v) is 5.44. The lowest BCUT2D eigenvalue weighted by atomic mass is 9.89. The van der Waals surface area contributed by atoms with Gasteiger partial charge >= 0.3 is 5.97 Å². The molecule has 3 heteroatoms. The zero-order valence-corrected chi connectivity index (χ0v) is 11.8. The molecular weight excluding hydrogens is 264 g/mol. The van der Waals surface area contributed by atoms with Crippen molar-refractivity contribution in [1.29, 1.82) is 0 Å². The second kappa shape index (κ2) is 6.10. The summed E-state index contributed by atoms with van der Waals surface area (Å²) < 4.78 is 5.34. The molecule has 3 nitrogen and oxygen atoms in total. The van der Waals surface area contributed by atoms with Crippen LogP contribution in [0.25, 0.3) is 0 Å². The highest BCUT2D eigenvalue weighted by atomic mass is 16.5. The molecule has 1 atom stereocenters. The summed E-state index contributed by atoms with van der Waals surface area (Å²) >= 11 is 0. The number of hydrogen-bond acceptors (Lipinski definition) is 3. The quantitative estimate of drug-likeness (QED) is 0.881. The molecule has 1 aliphatic carbocycles. The first-order valence-electron chi connectivity index (χ1n) is 7.23. The Labute approximate surface area is 124 Å². The van der Waals surface area contributed by atoms with Crippen molar-refractivity contribution in [1.82, 2.24) is 0 Å². The van der Waals surface area contributed by atoms with Gasteiger partial charge in [-0.3, -0.25) is 0 Å². The SMILES string of the molecule is O=C(OCc1ccccc1)c1ccc2c(c1)CCC(O)C2. The topological polar surface area (TPSA) is 46.5 Å². The van der Waals surface area contributed by atoms with Crippen molar-refractivity contribution in [2.24, 2.45) is 0 Å². The van der Waals surface area contributed by atoms with Crippen LogP contribution >= 0.6 is 0 Å². The Hall–Kier alpha value is -2.13. The number of fused-ring (bicyclic) bond motifs is 1. The Kier molecular flexibility index (Phi) is 4.02. The fourth-order valence-electron chi connectivity index (χ4n) is 2.67. The third-order valence-corrected chi connectivity index (χ3v) is 3.86. The van der Waals surface area contributed by atoms with Crippen LogP contribution in [0.4, 0.5) is 0 Å². The van der Waals surface area contributed by atoms with Crippen LogP contribution < -0.4 is 0 Å². The van der Waals surface area contributed by atoms with Crippen molar-refractivity contribution in [3.63, 3.8) is 0 Å². The summed E-state index contributed by atoms with van der Waals surface area (Å²) in [5.41, 5.74) is 3.84. The maximum absolute atomic E-state index is 12.1. The molecule has 0 amide bonds. The van der Waals surface area contributed by atoms with Gasteiger partial charge in [0.1, 0.15) is 6.61 Å². The molecular formula is C18H18O3. The van der Waals surface area contributed by atoms with Crippen LogP contribution in [-0.4, -0.2) is 17.2 Å². The molecule has 0 saturated carbocycles. The number of carbonyl (C=O) groups excluding carboxylic acids is 1. The smallest absolute Gasteiger partial charge is 0.338 e. The van der Waals surface area contributed by atoms with E-state index < -0.39 is 0 Å². The maximum atomic E-state index is 12.1. The lowest BCUT2D eigenvalue weighted by Crippen LogP contribution is -2.19. The van der Waals surface area contributed by atoms with Gasteiger partial charge < -0.3 is 9.84 Å². The largest absolute Gasteiger partial charge is 0.457 e. The summed E-state index contributed by atoms with van der Waals surface area (Å²) in [6.07, 6.45) is 1.99. The molecule has 1 N–H and O–H groups in total. The van der Waals surface area contributed by atoms with E-state index in [1.54, 1.807) is 6.07 Å². The Balaban J connectivity index is 1.68. The minimum atomic E-state index is -0.298. The van der Waals surface area contributed by atoms with Gasteiger partial charge in [-0.1, -0.05) is 36.4 Å². The first kappa shape index (κ1) is 13.8. The van der Waals surface area contributed by atoms with Crippen LogP contribution in [0.5, 0.6) is 0 Å². The van der Waals surface area contributed by atoms with E-state index in [1.807, 2.05) is 42.5 Å². The lowest BCUT2D eigenvalue weighted by molar-refractivity contribution is 0.0472. The molecule has 0 aliphatic heterocycles. The van der Waals surface area contributed by atoms with E-state index >= 15 is 0 Å². The molecule has 0 heterocycles. The number of aliphatic hydroxyl groups is 1. The molecule has 1 unspecified atom stereocenters. The number of ether oxygens (including phenoxy) is 1. The van der Waals surface area contributed by atoms with Gasteiger partial charge in [-0.15, -0.1) is 0 Å². The molecule has 0 bridgehead atoms. The summed E-state index contributed by atoms with van der Waals surface area (Å²) in [5.74, 6) is -0.298. The number of rotatable bonds is 3. The molecule has 2 aromatic rings. The molecule has 0 aromatic heterocycles. The standard InChI is InChI=1S/C18H18O3/c19-17-9-8-14-10-16(7-6-15(14)11-17)18(20)21-12-13-4-2-1-3-5-13/h1-7,10,17,19H,8-9,11-12H2. The van der Waals surface area contributed by atoms with Crippen LogP contribution in [0, 0.1) is 0 Å². The summed E-state index contributed by atoms with van der Waals surface area (Å²) in [7, 11) is 0. The fraction of sp³-hybridized carbons (Fsp3) is 0.278. The molecule has 3 rings (SSSR count). The van der Waals surface area contributed by atoms with E-state index in [0.717, 1.165) is 29.5 Å². The highest BCUT2D eigenvalue weighted by molar-refractivity contribution is 5.89. The third-order valence-electron chi connectivity index (χ3n) is 3.86. The number of carbonyl (C=O) groups is 1.